The van der Waals surface area contributed by atoms with Crippen molar-refractivity contribution in [3.8, 4) is 0 Å². The number of aromatic amines is 1. The molecule has 112 valence electrons. The molecule has 0 atom stereocenters. The number of nitrogens with one attached hydrogen (secondary N) is 1. The van der Waals surface area contributed by atoms with Crippen molar-refractivity contribution in [2.45, 2.75) is 12.8 Å². The number of alkyl halides is 3. The van der Waals surface area contributed by atoms with Gasteiger partial charge in [0.05, 0.1) is 28.7 Å². The van der Waals surface area contributed by atoms with Crippen molar-refractivity contribution in [1.29, 1.82) is 0 Å². The first-order chi connectivity index (χ1) is 10.5. The van der Waals surface area contributed by atoms with Crippen LogP contribution < -0.4 is 4.90 Å². The molecule has 1 N–H and O–H groups in total. The van der Waals surface area contributed by atoms with Gasteiger partial charge < -0.3 is 4.90 Å². The van der Waals surface area contributed by atoms with E-state index in [1.165, 1.54) is 6.20 Å². The predicted molar refractivity (Wildman–Crippen MR) is 74.8 cm³/mol. The Hall–Kier alpha value is -2.77. The second-order valence-electron chi connectivity index (χ2n) is 5.01. The number of anilines is 1. The predicted octanol–water partition coefficient (Wildman–Crippen LogP) is 3.23. The molecule has 0 spiro atoms. The third-order valence-corrected chi connectivity index (χ3v) is 3.63. The minimum atomic E-state index is -4.41. The molecule has 4 rings (SSSR count). The average molecular weight is 305 g/mol. The molecule has 22 heavy (non-hydrogen) atoms. The van der Waals surface area contributed by atoms with Gasteiger partial charge in [-0.05, 0) is 24.3 Å². The average Bonchev–Trinajstić information content (AvgIpc) is 3.13. The Bertz CT molecular complexity index is 874. The van der Waals surface area contributed by atoms with Gasteiger partial charge in [0.25, 0.3) is 0 Å². The van der Waals surface area contributed by atoms with Gasteiger partial charge in [0.2, 0.25) is 0 Å². The summed E-state index contributed by atoms with van der Waals surface area (Å²) in [6.45, 7) is 0.348. The smallest absolute Gasteiger partial charge is 0.327 e. The third kappa shape index (κ3) is 1.95. The molecule has 3 aromatic rings. The summed E-state index contributed by atoms with van der Waals surface area (Å²) in [5.41, 5.74) is 0.992. The molecule has 0 aliphatic carbocycles. The van der Waals surface area contributed by atoms with Crippen molar-refractivity contribution in [2.24, 2.45) is 0 Å². The van der Waals surface area contributed by atoms with Crippen LogP contribution in [0, 0.1) is 0 Å². The topological polar surface area (TPSA) is 49.7 Å². The second kappa shape index (κ2) is 4.36. The molecular weight excluding hydrogens is 295 g/mol. The molecule has 3 heterocycles. The summed E-state index contributed by atoms with van der Waals surface area (Å²) in [7, 11) is 0. The third-order valence-electron chi connectivity index (χ3n) is 3.63. The summed E-state index contributed by atoms with van der Waals surface area (Å²) in [5.74, 6) is 0. The highest BCUT2D eigenvalue weighted by Gasteiger charge is 2.32. The molecule has 2 aromatic heterocycles. The molecule has 0 saturated carbocycles. The number of halogens is 3. The number of H-pyrrole nitrogens is 1. The fourth-order valence-corrected chi connectivity index (χ4v) is 2.55. The number of aromatic nitrogens is 4. The molecule has 8 heteroatoms. The van der Waals surface area contributed by atoms with Gasteiger partial charge in [-0.15, -0.1) is 0 Å². The van der Waals surface area contributed by atoms with Gasteiger partial charge in [-0.1, -0.05) is 0 Å². The highest BCUT2D eigenvalue weighted by molar-refractivity contribution is 5.93. The maximum Gasteiger partial charge on any atom is 0.416 e. The highest BCUT2D eigenvalue weighted by atomic mass is 19.4. The Morgan fingerprint density at radius 2 is 2.09 bits per heavy atom. The molecule has 0 radical (unpaired) electrons. The lowest BCUT2D eigenvalue weighted by Gasteiger charge is -2.26. The first-order valence-corrected chi connectivity index (χ1v) is 6.53. The summed E-state index contributed by atoms with van der Waals surface area (Å²) >= 11 is 0. The molecule has 5 nitrogen and oxygen atoms in total. The second-order valence-corrected chi connectivity index (χ2v) is 5.01. The summed E-state index contributed by atoms with van der Waals surface area (Å²) in [5, 5.41) is 11.2. The van der Waals surface area contributed by atoms with Crippen LogP contribution in [0.1, 0.15) is 11.3 Å². The summed E-state index contributed by atoms with van der Waals surface area (Å²) in [6.07, 6.45) is 2.33. The van der Waals surface area contributed by atoms with Crippen LogP contribution >= 0.6 is 0 Å². The summed E-state index contributed by atoms with van der Waals surface area (Å²) in [4.78, 5) is 1.72. The number of nitrogens with zero attached hydrogens (tertiary/aromatic N) is 4. The van der Waals surface area contributed by atoms with Crippen LogP contribution in [0.5, 0.6) is 0 Å². The molecule has 0 unspecified atom stereocenters. The van der Waals surface area contributed by atoms with E-state index >= 15 is 0 Å². The van der Waals surface area contributed by atoms with Gasteiger partial charge in [-0.3, -0.25) is 5.10 Å². The van der Waals surface area contributed by atoms with Gasteiger partial charge in [-0.25, -0.2) is 4.68 Å². The molecule has 1 aromatic carbocycles. The minimum Gasteiger partial charge on any atom is -0.327 e. The molecule has 0 amide bonds. The van der Waals surface area contributed by atoms with Gasteiger partial charge in [-0.2, -0.15) is 23.4 Å². The lowest BCUT2D eigenvalue weighted by molar-refractivity contribution is -0.137. The Balaban J connectivity index is 1.86. The van der Waals surface area contributed by atoms with E-state index in [1.54, 1.807) is 22.0 Å². The highest BCUT2D eigenvalue weighted by Crippen LogP contribution is 2.37. The van der Waals surface area contributed by atoms with Crippen LogP contribution in [-0.4, -0.2) is 20.0 Å². The van der Waals surface area contributed by atoms with Gasteiger partial charge in [0.1, 0.15) is 6.67 Å². The van der Waals surface area contributed by atoms with Crippen LogP contribution in [0.25, 0.3) is 17.0 Å². The zero-order valence-electron chi connectivity index (χ0n) is 11.2. The molecule has 0 bridgehead atoms. The van der Waals surface area contributed by atoms with E-state index in [9.17, 15) is 13.2 Å². The first kappa shape index (κ1) is 12.9. The van der Waals surface area contributed by atoms with Crippen LogP contribution in [0.3, 0.4) is 0 Å². The lowest BCUT2D eigenvalue weighted by atomic mass is 10.1. The van der Waals surface area contributed by atoms with Gasteiger partial charge in [0.15, 0.2) is 0 Å². The van der Waals surface area contributed by atoms with E-state index in [0.717, 1.165) is 17.8 Å². The van der Waals surface area contributed by atoms with E-state index in [-0.39, 0.29) is 0 Å². The van der Waals surface area contributed by atoms with Crippen molar-refractivity contribution in [3.63, 3.8) is 0 Å². The number of benzene rings is 1. The maximum absolute atomic E-state index is 13.1. The van der Waals surface area contributed by atoms with E-state index in [0.29, 0.717) is 23.3 Å². The van der Waals surface area contributed by atoms with Crippen molar-refractivity contribution in [1.82, 2.24) is 20.0 Å². The fourth-order valence-electron chi connectivity index (χ4n) is 2.55. The number of rotatable bonds is 1. The summed E-state index contributed by atoms with van der Waals surface area (Å²) < 4.78 is 40.9. The minimum absolute atomic E-state index is 0.348. The largest absolute Gasteiger partial charge is 0.416 e. The molecule has 1 aliphatic rings. The monoisotopic (exact) mass is 305 g/mol. The lowest BCUT2D eigenvalue weighted by Crippen LogP contribution is -2.25. The number of hydrogen-bond acceptors (Lipinski definition) is 3. The van der Waals surface area contributed by atoms with Crippen molar-refractivity contribution in [3.05, 3.63) is 48.1 Å². The van der Waals surface area contributed by atoms with Crippen LogP contribution in [0.15, 0.2) is 36.8 Å². The Morgan fingerprint density at radius 1 is 1.23 bits per heavy atom. The zero-order valence-corrected chi connectivity index (χ0v) is 11.2. The Kier molecular flexibility index (Phi) is 2.56. The van der Waals surface area contributed by atoms with E-state index in [1.807, 2.05) is 12.1 Å². The first-order valence-electron chi connectivity index (χ1n) is 6.53. The van der Waals surface area contributed by atoms with Crippen molar-refractivity contribution in [2.75, 3.05) is 4.90 Å². The Labute approximate surface area is 122 Å². The molecule has 0 saturated heterocycles. The van der Waals surface area contributed by atoms with Crippen molar-refractivity contribution >= 4 is 22.7 Å². The molecule has 0 fully saturated rings. The Morgan fingerprint density at radius 3 is 2.91 bits per heavy atom. The van der Waals surface area contributed by atoms with Crippen LogP contribution in [-0.2, 0) is 12.8 Å². The quantitative estimate of drug-likeness (QED) is 0.751. The van der Waals surface area contributed by atoms with Crippen LogP contribution in [0.4, 0.5) is 18.9 Å². The van der Waals surface area contributed by atoms with E-state index < -0.39 is 11.7 Å². The van der Waals surface area contributed by atoms with Gasteiger partial charge in [0, 0.05) is 17.8 Å². The van der Waals surface area contributed by atoms with Gasteiger partial charge >= 0.3 is 6.18 Å². The standard InChI is InChI=1S/C14H10F3N5/c15-14(16,17)9-5-12-11(7-18-20-12)13(6-9)21-4-2-10-1-3-19-22(10)8-21/h1-7H,8H2,(H,18,20). The number of fused-ring (bicyclic) bond motifs is 2. The summed E-state index contributed by atoms with van der Waals surface area (Å²) in [6, 6.07) is 4.04. The van der Waals surface area contributed by atoms with E-state index in [4.69, 9.17) is 0 Å². The number of hydrogen-bond donors (Lipinski definition) is 1. The van der Waals surface area contributed by atoms with Crippen molar-refractivity contribution < 1.29 is 13.2 Å². The van der Waals surface area contributed by atoms with E-state index in [2.05, 4.69) is 15.3 Å². The van der Waals surface area contributed by atoms with Crippen LogP contribution in [0.2, 0.25) is 0 Å². The zero-order chi connectivity index (χ0) is 15.3. The molecular formula is C14H10F3N5. The SMILES string of the molecule is FC(F)(F)c1cc(N2C=Cc3ccnn3C2)c2cn[nH]c2c1. The maximum atomic E-state index is 13.1. The molecule has 1 aliphatic heterocycles. The fraction of sp³-hybridized carbons (Fsp3) is 0.143. The normalized spacial score (nSPS) is 14.6.